The highest BCUT2D eigenvalue weighted by Gasteiger charge is 2.34. The molecule has 19 heavy (non-hydrogen) atoms. The quantitative estimate of drug-likeness (QED) is 0.900. The number of carbonyl (C=O) groups is 2. The van der Waals surface area contributed by atoms with Crippen molar-refractivity contribution in [3.05, 3.63) is 29.8 Å². The lowest BCUT2D eigenvalue weighted by Crippen LogP contribution is -2.54. The largest absolute Gasteiger partial charge is 0.331 e. The molecule has 0 spiro atoms. The molecule has 2 rings (SSSR count). The predicted octanol–water partition coefficient (Wildman–Crippen LogP) is 1.71. The summed E-state index contributed by atoms with van der Waals surface area (Å²) < 4.78 is 0. The third-order valence-corrected chi connectivity index (χ3v) is 3.31. The number of amides is 3. The lowest BCUT2D eigenvalue weighted by Gasteiger charge is -2.36. The summed E-state index contributed by atoms with van der Waals surface area (Å²) in [4.78, 5) is 27.3. The van der Waals surface area contributed by atoms with E-state index in [0.29, 0.717) is 25.2 Å². The zero-order valence-corrected chi connectivity index (χ0v) is 11.3. The first-order valence-corrected chi connectivity index (χ1v) is 6.47. The van der Waals surface area contributed by atoms with E-state index in [2.05, 4.69) is 0 Å². The van der Waals surface area contributed by atoms with Gasteiger partial charge in [-0.05, 0) is 31.5 Å². The maximum absolute atomic E-state index is 12.3. The summed E-state index contributed by atoms with van der Waals surface area (Å²) in [6.45, 7) is 4.83. The molecule has 1 heterocycles. The van der Waals surface area contributed by atoms with E-state index in [1.807, 2.05) is 26.0 Å². The second-order valence-electron chi connectivity index (χ2n) is 4.92. The van der Waals surface area contributed by atoms with Crippen LogP contribution >= 0.6 is 0 Å². The van der Waals surface area contributed by atoms with Gasteiger partial charge in [0.25, 0.3) is 0 Å². The van der Waals surface area contributed by atoms with Crippen molar-refractivity contribution < 1.29 is 9.59 Å². The summed E-state index contributed by atoms with van der Waals surface area (Å²) >= 11 is 0. The average Bonchev–Trinajstić information content (AvgIpc) is 2.39. The highest BCUT2D eigenvalue weighted by atomic mass is 16.2. The molecule has 2 N–H and O–H groups in total. The molecule has 0 bridgehead atoms. The van der Waals surface area contributed by atoms with Crippen molar-refractivity contribution >= 4 is 17.6 Å². The maximum Gasteiger partial charge on any atom is 0.331 e. The molecule has 1 aromatic rings. The van der Waals surface area contributed by atoms with Gasteiger partial charge in [-0.25, -0.2) is 9.69 Å². The lowest BCUT2D eigenvalue weighted by atomic mass is 10.1. The second kappa shape index (κ2) is 5.40. The number of benzene rings is 1. The molecule has 1 aliphatic rings. The third kappa shape index (κ3) is 2.61. The van der Waals surface area contributed by atoms with E-state index >= 15 is 0 Å². The van der Waals surface area contributed by atoms with Crippen molar-refractivity contribution in [3.63, 3.8) is 0 Å². The number of nitrogens with two attached hydrogens (primary N) is 1. The summed E-state index contributed by atoms with van der Waals surface area (Å²) in [6, 6.07) is 7.05. The Morgan fingerprint density at radius 1 is 1.21 bits per heavy atom. The number of rotatable bonds is 3. The van der Waals surface area contributed by atoms with Gasteiger partial charge < -0.3 is 10.6 Å². The van der Waals surface area contributed by atoms with E-state index in [0.717, 1.165) is 5.56 Å². The van der Waals surface area contributed by atoms with Crippen molar-refractivity contribution in [1.29, 1.82) is 0 Å². The average molecular weight is 261 g/mol. The van der Waals surface area contributed by atoms with Crippen LogP contribution < -0.4 is 10.6 Å². The van der Waals surface area contributed by atoms with Crippen LogP contribution in [0, 0.1) is 0 Å². The molecule has 1 fully saturated rings. The number of imide groups is 1. The van der Waals surface area contributed by atoms with Crippen molar-refractivity contribution in [2.45, 2.75) is 32.9 Å². The fourth-order valence-electron chi connectivity index (χ4n) is 2.17. The third-order valence-electron chi connectivity index (χ3n) is 3.31. The summed E-state index contributed by atoms with van der Waals surface area (Å²) in [5.41, 5.74) is 7.12. The molecule has 3 amide bonds. The van der Waals surface area contributed by atoms with E-state index in [9.17, 15) is 9.59 Å². The van der Waals surface area contributed by atoms with E-state index in [1.165, 1.54) is 4.90 Å². The Balaban J connectivity index is 2.29. The lowest BCUT2D eigenvalue weighted by molar-refractivity contribution is -0.119. The number of hydrogen-bond donors (Lipinski definition) is 1. The normalized spacial score (nSPS) is 16.4. The Bertz CT molecular complexity index is 482. The van der Waals surface area contributed by atoms with E-state index in [-0.39, 0.29) is 18.0 Å². The highest BCUT2D eigenvalue weighted by Crippen LogP contribution is 2.22. The standard InChI is InChI=1S/C14H19N3O2/c1-10(2)16-8-7-13(18)17(14(16)19)12-5-3-11(9-15)4-6-12/h3-6,10H,7-9,15H2,1-2H3. The molecule has 5 heteroatoms. The first-order chi connectivity index (χ1) is 9.04. The van der Waals surface area contributed by atoms with E-state index < -0.39 is 0 Å². The van der Waals surface area contributed by atoms with Crippen LogP contribution in [0.25, 0.3) is 0 Å². The minimum atomic E-state index is -0.244. The minimum absolute atomic E-state index is 0.0893. The Hall–Kier alpha value is -1.88. The van der Waals surface area contributed by atoms with Gasteiger partial charge in [0.2, 0.25) is 5.91 Å². The summed E-state index contributed by atoms with van der Waals surface area (Å²) in [6.07, 6.45) is 0.364. The van der Waals surface area contributed by atoms with Crippen LogP contribution in [-0.4, -0.2) is 29.4 Å². The molecule has 0 unspecified atom stereocenters. The van der Waals surface area contributed by atoms with Gasteiger partial charge >= 0.3 is 6.03 Å². The maximum atomic E-state index is 12.3. The summed E-state index contributed by atoms with van der Waals surface area (Å²) in [5.74, 6) is -0.151. The molecule has 0 radical (unpaired) electrons. The SMILES string of the molecule is CC(C)N1CCC(=O)N(c2ccc(CN)cc2)C1=O. The van der Waals surface area contributed by atoms with Crippen LogP contribution in [-0.2, 0) is 11.3 Å². The highest BCUT2D eigenvalue weighted by molar-refractivity contribution is 6.15. The van der Waals surface area contributed by atoms with Crippen LogP contribution in [0.1, 0.15) is 25.8 Å². The molecule has 0 atom stereocenters. The first kappa shape index (κ1) is 13.5. The van der Waals surface area contributed by atoms with Crippen molar-refractivity contribution in [1.82, 2.24) is 4.90 Å². The zero-order valence-electron chi connectivity index (χ0n) is 11.3. The van der Waals surface area contributed by atoms with Crippen molar-refractivity contribution in [3.8, 4) is 0 Å². The molecular formula is C14H19N3O2. The van der Waals surface area contributed by atoms with Crippen LogP contribution in [0.2, 0.25) is 0 Å². The Labute approximate surface area is 113 Å². The first-order valence-electron chi connectivity index (χ1n) is 6.47. The molecular weight excluding hydrogens is 242 g/mol. The molecule has 0 aliphatic carbocycles. The monoisotopic (exact) mass is 261 g/mol. The fourth-order valence-corrected chi connectivity index (χ4v) is 2.17. The zero-order chi connectivity index (χ0) is 14.0. The topological polar surface area (TPSA) is 66.6 Å². The Kier molecular flexibility index (Phi) is 3.85. The van der Waals surface area contributed by atoms with E-state index in [1.54, 1.807) is 17.0 Å². The molecule has 0 aromatic heterocycles. The van der Waals surface area contributed by atoms with Gasteiger partial charge in [0.15, 0.2) is 0 Å². The van der Waals surface area contributed by atoms with E-state index in [4.69, 9.17) is 5.73 Å². The Morgan fingerprint density at radius 3 is 2.37 bits per heavy atom. The van der Waals surface area contributed by atoms with Crippen LogP contribution in [0.15, 0.2) is 24.3 Å². The fraction of sp³-hybridized carbons (Fsp3) is 0.429. The molecule has 102 valence electrons. The molecule has 5 nitrogen and oxygen atoms in total. The molecule has 0 saturated carbocycles. The van der Waals surface area contributed by atoms with Gasteiger partial charge in [-0.1, -0.05) is 12.1 Å². The van der Waals surface area contributed by atoms with Crippen LogP contribution in [0.4, 0.5) is 10.5 Å². The molecule has 1 aromatic carbocycles. The van der Waals surface area contributed by atoms with Gasteiger partial charge in [-0.2, -0.15) is 0 Å². The van der Waals surface area contributed by atoms with Gasteiger partial charge in [0, 0.05) is 25.6 Å². The number of hydrogen-bond acceptors (Lipinski definition) is 3. The number of anilines is 1. The number of urea groups is 1. The van der Waals surface area contributed by atoms with Crippen LogP contribution in [0.3, 0.4) is 0 Å². The number of carbonyl (C=O) groups excluding carboxylic acids is 2. The van der Waals surface area contributed by atoms with Gasteiger partial charge in [0.1, 0.15) is 0 Å². The smallest absolute Gasteiger partial charge is 0.326 e. The van der Waals surface area contributed by atoms with Gasteiger partial charge in [-0.3, -0.25) is 4.79 Å². The minimum Gasteiger partial charge on any atom is -0.326 e. The number of nitrogens with zero attached hydrogens (tertiary/aromatic N) is 2. The van der Waals surface area contributed by atoms with Gasteiger partial charge in [-0.15, -0.1) is 0 Å². The molecule has 1 aliphatic heterocycles. The van der Waals surface area contributed by atoms with Crippen molar-refractivity contribution in [2.24, 2.45) is 5.73 Å². The van der Waals surface area contributed by atoms with Gasteiger partial charge in [0.05, 0.1) is 5.69 Å². The Morgan fingerprint density at radius 2 is 1.84 bits per heavy atom. The molecule has 1 saturated heterocycles. The summed E-state index contributed by atoms with van der Waals surface area (Å²) in [5, 5.41) is 0. The van der Waals surface area contributed by atoms with Crippen molar-refractivity contribution in [2.75, 3.05) is 11.4 Å². The summed E-state index contributed by atoms with van der Waals surface area (Å²) in [7, 11) is 0. The van der Waals surface area contributed by atoms with Crippen LogP contribution in [0.5, 0.6) is 0 Å². The second-order valence-corrected chi connectivity index (χ2v) is 4.92. The predicted molar refractivity (Wildman–Crippen MR) is 73.7 cm³/mol.